The molecule has 1 heterocycles. The van der Waals surface area contributed by atoms with Crippen molar-refractivity contribution in [1.29, 1.82) is 0 Å². The highest BCUT2D eigenvalue weighted by Crippen LogP contribution is 2.19. The number of hydrogen-bond donors (Lipinski definition) is 1. The van der Waals surface area contributed by atoms with Gasteiger partial charge in [0.15, 0.2) is 0 Å². The molecule has 0 spiro atoms. The Kier molecular flexibility index (Phi) is 6.44. The maximum absolute atomic E-state index is 12.1. The zero-order valence-electron chi connectivity index (χ0n) is 14.0. The second-order valence-electron chi connectivity index (χ2n) is 5.91. The summed E-state index contributed by atoms with van der Waals surface area (Å²) < 4.78 is 5.12. The Labute approximate surface area is 138 Å². The third kappa shape index (κ3) is 4.98. The van der Waals surface area contributed by atoms with Crippen molar-refractivity contribution in [2.24, 2.45) is 5.92 Å². The van der Waals surface area contributed by atoms with E-state index >= 15 is 0 Å². The van der Waals surface area contributed by atoms with Crippen LogP contribution >= 0.6 is 0 Å². The summed E-state index contributed by atoms with van der Waals surface area (Å²) in [5.41, 5.74) is 1.17. The summed E-state index contributed by atoms with van der Waals surface area (Å²) in [7, 11) is 1.65. The highest BCUT2D eigenvalue weighted by molar-refractivity contribution is 5.81. The second kappa shape index (κ2) is 8.56. The summed E-state index contributed by atoms with van der Waals surface area (Å²) in [5, 5.41) is 2.96. The van der Waals surface area contributed by atoms with Crippen LogP contribution in [0.25, 0.3) is 0 Å². The van der Waals surface area contributed by atoms with Crippen LogP contribution in [0.5, 0.6) is 5.75 Å². The average molecular weight is 318 g/mol. The van der Waals surface area contributed by atoms with E-state index in [0.29, 0.717) is 31.8 Å². The molecule has 0 aromatic heterocycles. The summed E-state index contributed by atoms with van der Waals surface area (Å²) in [6, 6.07) is 7.83. The lowest BCUT2D eigenvalue weighted by atomic mass is 9.91. The molecule has 5 heteroatoms. The largest absolute Gasteiger partial charge is 0.497 e. The van der Waals surface area contributed by atoms with Crippen molar-refractivity contribution < 1.29 is 14.3 Å². The van der Waals surface area contributed by atoms with Gasteiger partial charge in [0.2, 0.25) is 0 Å². The Hall–Kier alpha value is -2.04. The molecule has 1 aliphatic heterocycles. The van der Waals surface area contributed by atoms with E-state index < -0.39 is 0 Å². The molecule has 1 aromatic rings. The molecule has 0 atom stereocenters. The van der Waals surface area contributed by atoms with E-state index in [0.717, 1.165) is 25.0 Å². The van der Waals surface area contributed by atoms with Gasteiger partial charge in [-0.05, 0) is 37.0 Å². The fourth-order valence-corrected chi connectivity index (χ4v) is 2.91. The number of nitrogens with one attached hydrogen (secondary N) is 1. The first-order valence-electron chi connectivity index (χ1n) is 8.32. The van der Waals surface area contributed by atoms with Gasteiger partial charge in [-0.15, -0.1) is 0 Å². The van der Waals surface area contributed by atoms with E-state index in [1.54, 1.807) is 7.11 Å². The quantitative estimate of drug-likeness (QED) is 0.877. The number of hydrogen-bond acceptors (Lipinski definition) is 3. The average Bonchev–Trinajstić information content (AvgIpc) is 2.61. The summed E-state index contributed by atoms with van der Waals surface area (Å²) in [6.45, 7) is 3.86. The van der Waals surface area contributed by atoms with E-state index in [1.807, 2.05) is 36.1 Å². The predicted molar refractivity (Wildman–Crippen MR) is 89.7 cm³/mol. The van der Waals surface area contributed by atoms with E-state index in [9.17, 15) is 9.59 Å². The fourth-order valence-electron chi connectivity index (χ4n) is 2.91. The first-order valence-corrected chi connectivity index (χ1v) is 8.32. The van der Waals surface area contributed by atoms with Crippen molar-refractivity contribution in [2.75, 3.05) is 26.7 Å². The number of likely N-dealkylation sites (tertiary alicyclic amines) is 1. The summed E-state index contributed by atoms with van der Waals surface area (Å²) in [6.07, 6.45) is 2.97. The predicted octanol–water partition coefficient (Wildman–Crippen LogP) is 2.64. The molecule has 1 saturated heterocycles. The smallest absolute Gasteiger partial charge is 0.317 e. The summed E-state index contributed by atoms with van der Waals surface area (Å²) >= 11 is 0. The number of carbonyl (C=O) groups is 2. The van der Waals surface area contributed by atoms with Crippen LogP contribution in [0.2, 0.25) is 0 Å². The second-order valence-corrected chi connectivity index (χ2v) is 5.91. The van der Waals surface area contributed by atoms with Crippen LogP contribution < -0.4 is 10.1 Å². The van der Waals surface area contributed by atoms with E-state index in [4.69, 9.17) is 4.74 Å². The molecular formula is C18H26N2O3. The Morgan fingerprint density at radius 3 is 2.43 bits per heavy atom. The van der Waals surface area contributed by atoms with Gasteiger partial charge in [0.25, 0.3) is 0 Å². The number of piperidine rings is 1. The first-order chi connectivity index (χ1) is 11.1. The SMILES string of the molecule is CCC(=O)C1CCN(C(=O)NCCc2ccc(OC)cc2)CC1. The number of carbonyl (C=O) groups excluding carboxylic acids is 2. The molecule has 23 heavy (non-hydrogen) atoms. The maximum atomic E-state index is 12.1. The van der Waals surface area contributed by atoms with Crippen LogP contribution in [-0.4, -0.2) is 43.5 Å². The topological polar surface area (TPSA) is 58.6 Å². The van der Waals surface area contributed by atoms with Crippen LogP contribution in [0.1, 0.15) is 31.7 Å². The molecule has 126 valence electrons. The van der Waals surface area contributed by atoms with Crippen LogP contribution in [0.4, 0.5) is 4.79 Å². The molecule has 2 rings (SSSR count). The van der Waals surface area contributed by atoms with Gasteiger partial charge in [-0.2, -0.15) is 0 Å². The monoisotopic (exact) mass is 318 g/mol. The molecular weight excluding hydrogens is 292 g/mol. The Morgan fingerprint density at radius 1 is 1.22 bits per heavy atom. The lowest BCUT2D eigenvalue weighted by Gasteiger charge is -2.31. The highest BCUT2D eigenvalue weighted by Gasteiger charge is 2.25. The van der Waals surface area contributed by atoms with Gasteiger partial charge in [0.1, 0.15) is 11.5 Å². The van der Waals surface area contributed by atoms with Crippen LogP contribution in [0.15, 0.2) is 24.3 Å². The number of benzene rings is 1. The van der Waals surface area contributed by atoms with E-state index in [2.05, 4.69) is 5.32 Å². The van der Waals surface area contributed by atoms with Crippen molar-refractivity contribution in [3.8, 4) is 5.75 Å². The Morgan fingerprint density at radius 2 is 1.87 bits per heavy atom. The number of ketones is 1. The maximum Gasteiger partial charge on any atom is 0.317 e. The van der Waals surface area contributed by atoms with Gasteiger partial charge in [0.05, 0.1) is 7.11 Å². The zero-order chi connectivity index (χ0) is 16.7. The Bertz CT molecular complexity index is 520. The summed E-state index contributed by atoms with van der Waals surface area (Å²) in [4.78, 5) is 25.6. The van der Waals surface area contributed by atoms with Gasteiger partial charge >= 0.3 is 6.03 Å². The summed E-state index contributed by atoms with van der Waals surface area (Å²) in [5.74, 6) is 1.30. The van der Waals surface area contributed by atoms with Crippen LogP contribution in [-0.2, 0) is 11.2 Å². The van der Waals surface area contributed by atoms with Crippen molar-refractivity contribution in [3.05, 3.63) is 29.8 Å². The number of rotatable bonds is 6. The van der Waals surface area contributed by atoms with Crippen molar-refractivity contribution in [2.45, 2.75) is 32.6 Å². The van der Waals surface area contributed by atoms with E-state index in [-0.39, 0.29) is 11.9 Å². The molecule has 0 bridgehead atoms. The van der Waals surface area contributed by atoms with Gasteiger partial charge < -0.3 is 15.0 Å². The van der Waals surface area contributed by atoms with Crippen molar-refractivity contribution >= 4 is 11.8 Å². The minimum atomic E-state index is -0.0269. The lowest BCUT2D eigenvalue weighted by Crippen LogP contribution is -2.45. The molecule has 1 fully saturated rings. The molecule has 0 aliphatic carbocycles. The standard InChI is InChI=1S/C18H26N2O3/c1-3-17(21)15-9-12-20(13-10-15)18(22)19-11-8-14-4-6-16(23-2)7-5-14/h4-7,15H,3,8-13H2,1-2H3,(H,19,22). The molecule has 1 N–H and O–H groups in total. The van der Waals surface area contributed by atoms with Crippen LogP contribution in [0.3, 0.4) is 0 Å². The zero-order valence-corrected chi connectivity index (χ0v) is 14.0. The Balaban J connectivity index is 1.70. The van der Waals surface area contributed by atoms with Crippen molar-refractivity contribution in [1.82, 2.24) is 10.2 Å². The first kappa shape index (κ1) is 17.3. The minimum Gasteiger partial charge on any atom is -0.497 e. The van der Waals surface area contributed by atoms with Gasteiger partial charge in [-0.25, -0.2) is 4.79 Å². The van der Waals surface area contributed by atoms with E-state index in [1.165, 1.54) is 5.56 Å². The lowest BCUT2D eigenvalue weighted by molar-refractivity contribution is -0.123. The normalized spacial score (nSPS) is 15.3. The number of ether oxygens (including phenoxy) is 1. The van der Waals surface area contributed by atoms with Crippen molar-refractivity contribution in [3.63, 3.8) is 0 Å². The van der Waals surface area contributed by atoms with Crippen LogP contribution in [0, 0.1) is 5.92 Å². The number of amides is 2. The number of nitrogens with zero attached hydrogens (tertiary/aromatic N) is 1. The molecule has 5 nitrogen and oxygen atoms in total. The molecule has 0 unspecified atom stereocenters. The van der Waals surface area contributed by atoms with Gasteiger partial charge in [-0.1, -0.05) is 19.1 Å². The number of methoxy groups -OCH3 is 1. The molecule has 1 aromatic carbocycles. The third-order valence-corrected chi connectivity index (χ3v) is 4.43. The number of Topliss-reactive ketones (excluding diaryl/α,β-unsaturated/α-hetero) is 1. The number of urea groups is 1. The molecule has 0 radical (unpaired) electrons. The third-order valence-electron chi connectivity index (χ3n) is 4.43. The molecule has 2 amide bonds. The molecule has 0 saturated carbocycles. The highest BCUT2D eigenvalue weighted by atomic mass is 16.5. The van der Waals surface area contributed by atoms with Gasteiger partial charge in [0, 0.05) is 32.0 Å². The fraction of sp³-hybridized carbons (Fsp3) is 0.556. The van der Waals surface area contributed by atoms with Gasteiger partial charge in [-0.3, -0.25) is 4.79 Å². The molecule has 1 aliphatic rings. The minimum absolute atomic E-state index is 0.0269.